The molecule has 0 heterocycles. The van der Waals surface area contributed by atoms with E-state index < -0.39 is 8.24 Å². The van der Waals surface area contributed by atoms with E-state index in [0.29, 0.717) is 0 Å². The number of hydrogen-bond donors (Lipinski definition) is 0. The minimum atomic E-state index is -1.49. The molecule has 0 amide bonds. The van der Waals surface area contributed by atoms with Crippen LogP contribution in [-0.4, -0.2) is 13.8 Å². The van der Waals surface area contributed by atoms with Crippen LogP contribution in [0.2, 0.25) is 18.6 Å². The van der Waals surface area contributed by atoms with Gasteiger partial charge in [-0.25, -0.2) is 0 Å². The van der Waals surface area contributed by atoms with E-state index in [1.165, 1.54) is 25.7 Å². The first kappa shape index (κ1) is 28.7. The molecule has 2 saturated carbocycles. The van der Waals surface area contributed by atoms with E-state index in [9.17, 15) is 0 Å². The molecule has 0 aromatic carbocycles. The fourth-order valence-corrected chi connectivity index (χ4v) is 10.4. The van der Waals surface area contributed by atoms with Gasteiger partial charge in [0.15, 0.2) is 0 Å². The second-order valence-corrected chi connectivity index (χ2v) is 13.0. The van der Waals surface area contributed by atoms with E-state index in [1.807, 2.05) is 0 Å². The Balaban J connectivity index is -0.000001000. The summed E-state index contributed by atoms with van der Waals surface area (Å²) in [6, 6.07) is 0. The first-order chi connectivity index (χ1) is 8.63. The van der Waals surface area contributed by atoms with Gasteiger partial charge in [-0.1, -0.05) is 80.8 Å². The molecule has 0 aromatic rings. The van der Waals surface area contributed by atoms with E-state index in [1.54, 1.807) is 0 Å². The van der Waals surface area contributed by atoms with Crippen LogP contribution in [0.3, 0.4) is 0 Å². The molecule has 0 bridgehead atoms. The Bertz CT molecular complexity index is 324. The van der Waals surface area contributed by atoms with Gasteiger partial charge in [0.05, 0.1) is 0 Å². The summed E-state index contributed by atoms with van der Waals surface area (Å²) in [6.45, 7) is 17.0. The number of nitrogens with zero attached hydrogens (tertiary/aromatic N) is 1. The van der Waals surface area contributed by atoms with Crippen molar-refractivity contribution in [3.63, 3.8) is 0 Å². The van der Waals surface area contributed by atoms with E-state index in [0.717, 1.165) is 29.2 Å². The summed E-state index contributed by atoms with van der Waals surface area (Å²) in [7, 11) is -1.49. The molecule has 0 aliphatic heterocycles. The minimum Gasteiger partial charge on any atom is -0.660 e. The Hall–Kier alpha value is 0.891. The average molecular weight is 374 g/mol. The largest absolute Gasteiger partial charge is 4.00 e. The molecule has 1 nitrogen and oxygen atoms in total. The van der Waals surface area contributed by atoms with Gasteiger partial charge in [0.1, 0.15) is 0 Å². The van der Waals surface area contributed by atoms with Crippen molar-refractivity contribution < 1.29 is 21.7 Å². The molecule has 0 radical (unpaired) electrons. The van der Waals surface area contributed by atoms with Gasteiger partial charge in [-0.3, -0.25) is 0 Å². The molecule has 0 N–H and O–H groups in total. The van der Waals surface area contributed by atoms with Gasteiger partial charge in [0.25, 0.3) is 0 Å². The van der Waals surface area contributed by atoms with Gasteiger partial charge in [-0.15, -0.1) is 5.54 Å². The third kappa shape index (κ3) is 6.28. The van der Waals surface area contributed by atoms with E-state index in [4.69, 9.17) is 4.98 Å². The summed E-state index contributed by atoms with van der Waals surface area (Å²) in [5, 5.41) is 0. The molecule has 0 aromatic heterocycles. The zero-order chi connectivity index (χ0) is 14.4. The third-order valence-corrected chi connectivity index (χ3v) is 9.68. The van der Waals surface area contributed by atoms with Crippen molar-refractivity contribution in [2.24, 2.45) is 23.7 Å². The summed E-state index contributed by atoms with van der Waals surface area (Å²) >= 11 is 0. The fraction of sp³-hybridized carbons (Fsp3) is 0.850. The predicted molar refractivity (Wildman–Crippen MR) is 107 cm³/mol. The van der Waals surface area contributed by atoms with Crippen molar-refractivity contribution >= 4 is 8.24 Å². The van der Waals surface area contributed by atoms with E-state index in [-0.39, 0.29) is 49.5 Å². The fourth-order valence-electron chi connectivity index (χ4n) is 5.50. The topological polar surface area (TPSA) is 14.1 Å². The number of hydrogen-bond acceptors (Lipinski definition) is 0. The standard InChI is InChI=1S/C17H34NSi.3CH3.Ti/c1-12-13(2)16(15-11-9-8-10-14(12)15)19(6,7)18-17(3,4)5;;;;/h12-16H,8-11H2,1-7H3;3*1H3;/q4*-1;+4/t12-,13+,14?,15?,16?;;;;/m0..../s1. The maximum absolute atomic E-state index is 5.34. The second-order valence-electron chi connectivity index (χ2n) is 8.79. The van der Waals surface area contributed by atoms with Crippen molar-refractivity contribution in [1.29, 1.82) is 0 Å². The van der Waals surface area contributed by atoms with Crippen LogP contribution in [0.15, 0.2) is 0 Å². The van der Waals surface area contributed by atoms with Gasteiger partial charge in [-0.2, -0.15) is 0 Å². The Labute approximate surface area is 165 Å². The quantitative estimate of drug-likeness (QED) is 0.360. The molecule has 2 aliphatic rings. The SMILES string of the molecule is C[C@@H]1C2CCCCC2C([Si](C)(C)[N-]C(C)(C)C)[C@@H]1C.[CH3-].[CH3-].[CH3-].[Ti+4]. The summed E-state index contributed by atoms with van der Waals surface area (Å²) in [5.74, 6) is 3.82. The zero-order valence-corrected chi connectivity index (χ0v) is 20.2. The average Bonchev–Trinajstić information content (AvgIpc) is 2.49. The number of fused-ring (bicyclic) bond motifs is 1. The normalized spacial score (nSPS) is 33.3. The van der Waals surface area contributed by atoms with Crippen LogP contribution in [0, 0.1) is 46.0 Å². The molecule has 3 unspecified atom stereocenters. The Kier molecular flexibility index (Phi) is 12.6. The van der Waals surface area contributed by atoms with Crippen LogP contribution in [0.5, 0.6) is 0 Å². The molecule has 2 aliphatic carbocycles. The van der Waals surface area contributed by atoms with E-state index in [2.05, 4.69) is 47.7 Å². The molecule has 5 atom stereocenters. The van der Waals surface area contributed by atoms with Crippen LogP contribution >= 0.6 is 0 Å². The van der Waals surface area contributed by atoms with Crippen molar-refractivity contribution in [3.05, 3.63) is 27.3 Å². The smallest absolute Gasteiger partial charge is 0.660 e. The third-order valence-electron chi connectivity index (χ3n) is 5.85. The summed E-state index contributed by atoms with van der Waals surface area (Å²) in [5.41, 5.74) is 1.07. The van der Waals surface area contributed by atoms with Crippen molar-refractivity contribution in [3.8, 4) is 0 Å². The minimum absolute atomic E-state index is 0. The molecule has 2 fully saturated rings. The summed E-state index contributed by atoms with van der Waals surface area (Å²) in [4.78, 5) is 5.34. The molecule has 3 heteroatoms. The molecular formula is C20H43NSiTi. The maximum atomic E-state index is 5.34. The molecular weight excluding hydrogens is 330 g/mol. The van der Waals surface area contributed by atoms with Crippen LogP contribution in [0.4, 0.5) is 0 Å². The zero-order valence-electron chi connectivity index (χ0n) is 17.7. The van der Waals surface area contributed by atoms with E-state index >= 15 is 0 Å². The van der Waals surface area contributed by atoms with Gasteiger partial charge >= 0.3 is 21.7 Å². The second kappa shape index (κ2) is 10.1. The van der Waals surface area contributed by atoms with Crippen molar-refractivity contribution in [2.45, 2.75) is 84.5 Å². The van der Waals surface area contributed by atoms with Gasteiger partial charge in [0, 0.05) is 0 Å². The Morgan fingerprint density at radius 1 is 0.826 bits per heavy atom. The van der Waals surface area contributed by atoms with Crippen LogP contribution < -0.4 is 0 Å². The molecule has 0 saturated heterocycles. The predicted octanol–water partition coefficient (Wildman–Crippen LogP) is 7.17. The van der Waals surface area contributed by atoms with Crippen molar-refractivity contribution in [2.75, 3.05) is 0 Å². The summed E-state index contributed by atoms with van der Waals surface area (Å²) in [6.07, 6.45) is 5.92. The van der Waals surface area contributed by atoms with Gasteiger partial charge < -0.3 is 27.3 Å². The van der Waals surface area contributed by atoms with Crippen LogP contribution in [0.25, 0.3) is 4.98 Å². The molecule has 23 heavy (non-hydrogen) atoms. The van der Waals surface area contributed by atoms with Crippen LogP contribution in [-0.2, 0) is 21.7 Å². The van der Waals surface area contributed by atoms with Crippen LogP contribution in [0.1, 0.15) is 60.3 Å². The first-order valence-electron chi connectivity index (χ1n) is 8.37. The van der Waals surface area contributed by atoms with Crippen molar-refractivity contribution in [1.82, 2.24) is 0 Å². The Morgan fingerprint density at radius 3 is 1.70 bits per heavy atom. The summed E-state index contributed by atoms with van der Waals surface area (Å²) < 4.78 is 0. The maximum Gasteiger partial charge on any atom is 4.00 e. The molecule has 0 spiro atoms. The Morgan fingerprint density at radius 2 is 1.26 bits per heavy atom. The first-order valence-corrected chi connectivity index (χ1v) is 11.4. The monoisotopic (exact) mass is 373 g/mol. The van der Waals surface area contributed by atoms with Gasteiger partial charge in [0.2, 0.25) is 0 Å². The number of rotatable bonds is 2. The molecule has 2 rings (SSSR count). The van der Waals surface area contributed by atoms with Gasteiger partial charge in [-0.05, 0) is 30.1 Å². The molecule has 136 valence electrons.